The Balaban J connectivity index is 1.68. The number of methoxy groups -OCH3 is 1. The van der Waals surface area contributed by atoms with Crippen molar-refractivity contribution in [2.75, 3.05) is 26.8 Å². The molecule has 3 aromatic rings. The third-order valence-electron chi connectivity index (χ3n) is 5.51. The van der Waals surface area contributed by atoms with Gasteiger partial charge in [-0.15, -0.1) is 0 Å². The molecule has 1 saturated heterocycles. The second kappa shape index (κ2) is 7.93. The van der Waals surface area contributed by atoms with E-state index in [-0.39, 0.29) is 29.7 Å². The molecule has 10 heteroatoms. The molecule has 1 fully saturated rings. The van der Waals surface area contributed by atoms with Crippen molar-refractivity contribution in [3.63, 3.8) is 0 Å². The number of hydrogen-bond acceptors (Lipinski definition) is 5. The Kier molecular flexibility index (Phi) is 5.48. The lowest BCUT2D eigenvalue weighted by atomic mass is 10.2. The van der Waals surface area contributed by atoms with Gasteiger partial charge in [0, 0.05) is 26.4 Å². The summed E-state index contributed by atoms with van der Waals surface area (Å²) in [7, 11) is -2.30. The van der Waals surface area contributed by atoms with Gasteiger partial charge in [-0.05, 0) is 43.2 Å². The third-order valence-corrected chi connectivity index (χ3v) is 7.37. The Hall–Kier alpha value is -2.56. The molecule has 8 nitrogen and oxygen atoms in total. The van der Waals surface area contributed by atoms with Gasteiger partial charge in [-0.3, -0.25) is 9.13 Å². The molecule has 1 aliphatic heterocycles. The first kappa shape index (κ1) is 20.7. The normalized spacial score (nSPS) is 17.8. The van der Waals surface area contributed by atoms with Crippen LogP contribution >= 0.6 is 0 Å². The number of pyridine rings is 1. The summed E-state index contributed by atoms with van der Waals surface area (Å²) in [6.45, 7) is 2.70. The number of benzene rings is 1. The standard InChI is InChI=1S/C20H23FN4O4S/c1-14-5-6-16(12-17(14)21)30(27,28)23-9-7-15(13-23)25-19-18(4-3-8-22-19)24(20(25)26)10-11-29-2/h3-6,8,12,15H,7,9-11,13H2,1-2H3. The molecule has 0 aliphatic carbocycles. The van der Waals surface area contributed by atoms with E-state index in [1.54, 1.807) is 35.4 Å². The number of imidazole rings is 1. The lowest BCUT2D eigenvalue weighted by Gasteiger charge is -2.17. The van der Waals surface area contributed by atoms with Crippen LogP contribution in [0.25, 0.3) is 11.2 Å². The molecular formula is C20H23FN4O4S. The van der Waals surface area contributed by atoms with Crippen LogP contribution in [0, 0.1) is 12.7 Å². The first-order valence-corrected chi connectivity index (χ1v) is 11.1. The molecular weight excluding hydrogens is 411 g/mol. The Morgan fingerprint density at radius 3 is 2.83 bits per heavy atom. The lowest BCUT2D eigenvalue weighted by Crippen LogP contribution is -2.32. The minimum Gasteiger partial charge on any atom is -0.383 e. The third kappa shape index (κ3) is 3.44. The van der Waals surface area contributed by atoms with E-state index in [0.29, 0.717) is 36.3 Å². The van der Waals surface area contributed by atoms with Crippen LogP contribution in [0.1, 0.15) is 18.0 Å². The maximum absolute atomic E-state index is 13.9. The van der Waals surface area contributed by atoms with Gasteiger partial charge in [0.05, 0.1) is 29.6 Å². The predicted molar refractivity (Wildman–Crippen MR) is 109 cm³/mol. The van der Waals surface area contributed by atoms with Crippen LogP contribution in [0.4, 0.5) is 4.39 Å². The minimum absolute atomic E-state index is 0.0840. The Labute approximate surface area is 173 Å². The molecule has 1 unspecified atom stereocenters. The van der Waals surface area contributed by atoms with E-state index in [1.165, 1.54) is 16.4 Å². The fraction of sp³-hybridized carbons (Fsp3) is 0.400. The number of fused-ring (bicyclic) bond motifs is 1. The topological polar surface area (TPSA) is 86.4 Å². The molecule has 1 aliphatic rings. The summed E-state index contributed by atoms with van der Waals surface area (Å²) in [5.74, 6) is -0.562. The number of rotatable bonds is 6. The second-order valence-electron chi connectivity index (χ2n) is 7.36. The van der Waals surface area contributed by atoms with Crippen LogP contribution < -0.4 is 5.69 Å². The van der Waals surface area contributed by atoms with E-state index in [1.807, 2.05) is 6.07 Å². The Bertz CT molecular complexity index is 1250. The Morgan fingerprint density at radius 1 is 1.30 bits per heavy atom. The summed E-state index contributed by atoms with van der Waals surface area (Å²) in [6, 6.07) is 7.12. The number of ether oxygens (including phenoxy) is 1. The first-order chi connectivity index (χ1) is 14.3. The zero-order chi connectivity index (χ0) is 21.5. The molecule has 3 heterocycles. The summed E-state index contributed by atoms with van der Waals surface area (Å²) in [5.41, 5.74) is 1.34. The van der Waals surface area contributed by atoms with Gasteiger partial charge in [-0.1, -0.05) is 6.07 Å². The van der Waals surface area contributed by atoms with Crippen LogP contribution in [0.2, 0.25) is 0 Å². The lowest BCUT2D eigenvalue weighted by molar-refractivity contribution is 0.187. The molecule has 0 saturated carbocycles. The molecule has 2 aromatic heterocycles. The zero-order valence-corrected chi connectivity index (χ0v) is 17.6. The van der Waals surface area contributed by atoms with Crippen molar-refractivity contribution in [3.8, 4) is 0 Å². The van der Waals surface area contributed by atoms with Crippen LogP contribution in [-0.4, -0.2) is 53.6 Å². The average molecular weight is 434 g/mol. The summed E-state index contributed by atoms with van der Waals surface area (Å²) in [4.78, 5) is 17.4. The van der Waals surface area contributed by atoms with Gasteiger partial charge in [0.1, 0.15) is 5.82 Å². The molecule has 4 rings (SSSR count). The zero-order valence-electron chi connectivity index (χ0n) is 16.8. The van der Waals surface area contributed by atoms with E-state index in [0.717, 1.165) is 6.07 Å². The van der Waals surface area contributed by atoms with Crippen molar-refractivity contribution in [2.24, 2.45) is 0 Å². The smallest absolute Gasteiger partial charge is 0.330 e. The minimum atomic E-state index is -3.86. The van der Waals surface area contributed by atoms with Crippen molar-refractivity contribution in [2.45, 2.75) is 30.8 Å². The second-order valence-corrected chi connectivity index (χ2v) is 9.30. The van der Waals surface area contributed by atoms with Crippen molar-refractivity contribution in [1.29, 1.82) is 0 Å². The number of aryl methyl sites for hydroxylation is 1. The van der Waals surface area contributed by atoms with E-state index in [9.17, 15) is 17.6 Å². The van der Waals surface area contributed by atoms with Crippen molar-refractivity contribution < 1.29 is 17.5 Å². The van der Waals surface area contributed by atoms with Crippen LogP contribution in [0.5, 0.6) is 0 Å². The molecule has 0 N–H and O–H groups in total. The van der Waals surface area contributed by atoms with Gasteiger partial charge in [-0.2, -0.15) is 4.31 Å². The predicted octanol–water partition coefficient (Wildman–Crippen LogP) is 1.93. The molecule has 0 radical (unpaired) electrons. The van der Waals surface area contributed by atoms with Gasteiger partial charge in [-0.25, -0.2) is 22.6 Å². The highest BCUT2D eigenvalue weighted by Crippen LogP contribution is 2.29. The van der Waals surface area contributed by atoms with E-state index >= 15 is 0 Å². The molecule has 0 spiro atoms. The highest BCUT2D eigenvalue weighted by molar-refractivity contribution is 7.89. The molecule has 0 bridgehead atoms. The number of aromatic nitrogens is 3. The number of sulfonamides is 1. The summed E-state index contributed by atoms with van der Waals surface area (Å²) < 4.78 is 49.5. The summed E-state index contributed by atoms with van der Waals surface area (Å²) in [6.07, 6.45) is 2.07. The van der Waals surface area contributed by atoms with Crippen LogP contribution in [-0.2, 0) is 21.3 Å². The largest absolute Gasteiger partial charge is 0.383 e. The van der Waals surface area contributed by atoms with Gasteiger partial charge < -0.3 is 4.74 Å². The van der Waals surface area contributed by atoms with Gasteiger partial charge in [0.2, 0.25) is 10.0 Å². The Morgan fingerprint density at radius 2 is 2.10 bits per heavy atom. The monoisotopic (exact) mass is 434 g/mol. The molecule has 1 atom stereocenters. The molecule has 30 heavy (non-hydrogen) atoms. The average Bonchev–Trinajstić information content (AvgIpc) is 3.31. The van der Waals surface area contributed by atoms with E-state index in [4.69, 9.17) is 4.74 Å². The highest BCUT2D eigenvalue weighted by atomic mass is 32.2. The first-order valence-electron chi connectivity index (χ1n) is 9.65. The molecule has 1 aromatic carbocycles. The SMILES string of the molecule is COCCn1c(=O)n(C2CCN(S(=O)(=O)c3ccc(C)c(F)c3)C2)c2ncccc21. The summed E-state index contributed by atoms with van der Waals surface area (Å²) in [5, 5.41) is 0. The van der Waals surface area contributed by atoms with E-state index < -0.39 is 15.8 Å². The number of nitrogens with zero attached hydrogens (tertiary/aromatic N) is 4. The molecule has 160 valence electrons. The number of hydrogen-bond donors (Lipinski definition) is 0. The fourth-order valence-corrected chi connectivity index (χ4v) is 5.36. The van der Waals surface area contributed by atoms with Crippen molar-refractivity contribution in [3.05, 3.63) is 58.4 Å². The van der Waals surface area contributed by atoms with Gasteiger partial charge in [0.15, 0.2) is 5.65 Å². The van der Waals surface area contributed by atoms with E-state index in [2.05, 4.69) is 4.98 Å². The summed E-state index contributed by atoms with van der Waals surface area (Å²) >= 11 is 0. The van der Waals surface area contributed by atoms with Crippen molar-refractivity contribution in [1.82, 2.24) is 18.4 Å². The number of halogens is 1. The van der Waals surface area contributed by atoms with Crippen LogP contribution in [0.3, 0.4) is 0 Å². The molecule has 0 amide bonds. The quantitative estimate of drug-likeness (QED) is 0.592. The van der Waals surface area contributed by atoms with Gasteiger partial charge in [0.25, 0.3) is 0 Å². The fourth-order valence-electron chi connectivity index (χ4n) is 3.86. The maximum Gasteiger partial charge on any atom is 0.330 e. The van der Waals surface area contributed by atoms with Crippen molar-refractivity contribution >= 4 is 21.2 Å². The highest BCUT2D eigenvalue weighted by Gasteiger charge is 2.35. The van der Waals surface area contributed by atoms with Crippen LogP contribution in [0.15, 0.2) is 46.2 Å². The maximum atomic E-state index is 13.9. The van der Waals surface area contributed by atoms with Gasteiger partial charge >= 0.3 is 5.69 Å².